The first-order chi connectivity index (χ1) is 11.4. The first kappa shape index (κ1) is 18.6. The fourth-order valence-electron chi connectivity index (χ4n) is 1.58. The van der Waals surface area contributed by atoms with Gasteiger partial charge in [-0.1, -0.05) is 6.07 Å². The van der Waals surface area contributed by atoms with E-state index in [0.717, 1.165) is 6.08 Å². The summed E-state index contributed by atoms with van der Waals surface area (Å²) in [6.07, 6.45) is 2.97. The summed E-state index contributed by atoms with van der Waals surface area (Å²) in [7, 11) is 1.43. The number of carbonyl (C=O) groups excluding carboxylic acids is 1. The fraction of sp³-hybridized carbons (Fsp3) is 0.0588. The van der Waals surface area contributed by atoms with E-state index in [1.165, 1.54) is 49.6 Å². The Bertz CT molecular complexity index is 751. The summed E-state index contributed by atoms with van der Waals surface area (Å²) in [4.78, 5) is 20.4. The van der Waals surface area contributed by atoms with Crippen LogP contribution in [0.4, 0.5) is 0 Å². The maximum absolute atomic E-state index is 10.2. The van der Waals surface area contributed by atoms with Gasteiger partial charge < -0.3 is 25.2 Å². The van der Waals surface area contributed by atoms with E-state index in [9.17, 15) is 9.59 Å². The number of aliphatic carboxylic acids is 1. The van der Waals surface area contributed by atoms with Crippen molar-refractivity contribution in [2.75, 3.05) is 7.11 Å². The van der Waals surface area contributed by atoms with Crippen molar-refractivity contribution in [2.45, 2.75) is 0 Å². The van der Waals surface area contributed by atoms with Gasteiger partial charge in [-0.25, -0.2) is 4.79 Å². The van der Waals surface area contributed by atoms with Crippen LogP contribution < -0.4 is 4.74 Å². The van der Waals surface area contributed by atoms with Crippen LogP contribution in [-0.4, -0.2) is 39.8 Å². The third kappa shape index (κ3) is 5.72. The average molecular weight is 332 g/mol. The average Bonchev–Trinajstić information content (AvgIpc) is 2.57. The minimum absolute atomic E-state index is 0.0399. The lowest BCUT2D eigenvalue weighted by Gasteiger charge is -2.01. The molecule has 2 aromatic carbocycles. The van der Waals surface area contributed by atoms with Crippen LogP contribution >= 0.6 is 0 Å². The first-order valence-electron chi connectivity index (χ1n) is 6.62. The lowest BCUT2D eigenvalue weighted by molar-refractivity contribution is -0.131. The van der Waals surface area contributed by atoms with Crippen LogP contribution in [0.5, 0.6) is 23.0 Å². The summed E-state index contributed by atoms with van der Waals surface area (Å²) in [6.45, 7) is 0. The Morgan fingerprint density at radius 2 is 1.58 bits per heavy atom. The number of aldehydes is 1. The van der Waals surface area contributed by atoms with Crippen molar-refractivity contribution in [3.63, 3.8) is 0 Å². The van der Waals surface area contributed by atoms with Gasteiger partial charge in [0.25, 0.3) is 0 Å². The Hall–Kier alpha value is -3.48. The van der Waals surface area contributed by atoms with E-state index in [-0.39, 0.29) is 17.2 Å². The molecule has 0 bridgehead atoms. The van der Waals surface area contributed by atoms with Crippen LogP contribution in [0.15, 0.2) is 42.5 Å². The summed E-state index contributed by atoms with van der Waals surface area (Å²) >= 11 is 0. The minimum atomic E-state index is -1.06. The van der Waals surface area contributed by atoms with Gasteiger partial charge in [0.2, 0.25) is 0 Å². The van der Waals surface area contributed by atoms with Crippen LogP contribution in [0.2, 0.25) is 0 Å². The van der Waals surface area contributed by atoms with Crippen LogP contribution in [0.3, 0.4) is 0 Å². The van der Waals surface area contributed by atoms with Crippen LogP contribution in [0.1, 0.15) is 15.9 Å². The Kier molecular flexibility index (Phi) is 6.84. The number of carboxylic acids is 1. The van der Waals surface area contributed by atoms with E-state index < -0.39 is 5.97 Å². The molecule has 0 heterocycles. The summed E-state index contributed by atoms with van der Waals surface area (Å²) in [5, 5.41) is 35.4. The van der Waals surface area contributed by atoms with Gasteiger partial charge in [0.05, 0.1) is 7.11 Å². The van der Waals surface area contributed by atoms with E-state index in [0.29, 0.717) is 23.2 Å². The zero-order chi connectivity index (χ0) is 18.1. The quantitative estimate of drug-likeness (QED) is 0.385. The molecule has 126 valence electrons. The molecule has 2 aromatic rings. The molecular weight excluding hydrogens is 316 g/mol. The topological polar surface area (TPSA) is 124 Å². The number of hydrogen-bond acceptors (Lipinski definition) is 6. The SMILES string of the molecule is COc1cc(C=O)ccc1O.O=C(O)/C=C/c1ccc(O)c(O)c1. The molecule has 0 radical (unpaired) electrons. The predicted octanol–water partition coefficient (Wildman–Crippen LogP) is 2.41. The summed E-state index contributed by atoms with van der Waals surface area (Å²) < 4.78 is 4.78. The molecule has 0 unspecified atom stereocenters. The van der Waals surface area contributed by atoms with Crippen LogP contribution in [-0.2, 0) is 4.79 Å². The number of phenolic OH excluding ortho intramolecular Hbond substituents is 3. The zero-order valence-electron chi connectivity index (χ0n) is 12.7. The van der Waals surface area contributed by atoms with Crippen molar-refractivity contribution in [2.24, 2.45) is 0 Å². The number of aromatic hydroxyl groups is 3. The Labute approximate surface area is 137 Å². The number of methoxy groups -OCH3 is 1. The second-order valence-corrected chi connectivity index (χ2v) is 4.47. The predicted molar refractivity (Wildman–Crippen MR) is 86.5 cm³/mol. The van der Waals surface area contributed by atoms with Crippen molar-refractivity contribution in [1.29, 1.82) is 0 Å². The highest BCUT2D eigenvalue weighted by Gasteiger charge is 2.00. The standard InChI is InChI=1S/C9H8O4.C8H8O3/c10-7-3-1-6(5-8(7)11)2-4-9(12)13;1-11-8-4-6(5-9)2-3-7(8)10/h1-5,10-11H,(H,12,13);2-5,10H,1H3/b4-2+;. The molecule has 0 fully saturated rings. The number of hydrogen-bond donors (Lipinski definition) is 4. The van der Waals surface area contributed by atoms with Crippen molar-refractivity contribution < 1.29 is 34.8 Å². The van der Waals surface area contributed by atoms with Crippen molar-refractivity contribution in [3.05, 3.63) is 53.6 Å². The molecule has 0 aliphatic rings. The molecule has 0 aliphatic heterocycles. The molecule has 0 saturated heterocycles. The number of ether oxygens (including phenoxy) is 1. The molecule has 0 amide bonds. The van der Waals surface area contributed by atoms with E-state index in [1.807, 2.05) is 0 Å². The highest BCUT2D eigenvalue weighted by atomic mass is 16.5. The molecule has 7 heteroatoms. The van der Waals surface area contributed by atoms with Gasteiger partial charge in [0.15, 0.2) is 23.0 Å². The highest BCUT2D eigenvalue weighted by Crippen LogP contribution is 2.26. The Morgan fingerprint density at radius 1 is 0.958 bits per heavy atom. The smallest absolute Gasteiger partial charge is 0.328 e. The van der Waals surface area contributed by atoms with Crippen molar-refractivity contribution >= 4 is 18.3 Å². The number of carboxylic acid groups (broad SMARTS) is 1. The molecule has 7 nitrogen and oxygen atoms in total. The third-order valence-corrected chi connectivity index (χ3v) is 2.76. The van der Waals surface area contributed by atoms with E-state index in [1.54, 1.807) is 0 Å². The molecule has 0 aliphatic carbocycles. The minimum Gasteiger partial charge on any atom is -0.504 e. The maximum Gasteiger partial charge on any atom is 0.328 e. The van der Waals surface area contributed by atoms with Crippen molar-refractivity contribution in [1.82, 2.24) is 0 Å². The number of rotatable bonds is 4. The van der Waals surface area contributed by atoms with Gasteiger partial charge in [-0.15, -0.1) is 0 Å². The van der Waals surface area contributed by atoms with Gasteiger partial charge in [0.1, 0.15) is 6.29 Å². The normalized spacial score (nSPS) is 9.88. The molecule has 0 spiro atoms. The molecule has 0 saturated carbocycles. The lowest BCUT2D eigenvalue weighted by Crippen LogP contribution is -1.85. The van der Waals surface area contributed by atoms with E-state index in [2.05, 4.69) is 0 Å². The van der Waals surface area contributed by atoms with Gasteiger partial charge in [-0.2, -0.15) is 0 Å². The van der Waals surface area contributed by atoms with E-state index in [4.69, 9.17) is 25.2 Å². The lowest BCUT2D eigenvalue weighted by atomic mass is 10.2. The van der Waals surface area contributed by atoms with Gasteiger partial charge in [-0.3, -0.25) is 4.79 Å². The second-order valence-electron chi connectivity index (χ2n) is 4.47. The Morgan fingerprint density at radius 3 is 2.12 bits per heavy atom. The van der Waals surface area contributed by atoms with Crippen molar-refractivity contribution in [3.8, 4) is 23.0 Å². The van der Waals surface area contributed by atoms with Crippen LogP contribution in [0, 0.1) is 0 Å². The molecule has 0 atom stereocenters. The fourth-order valence-corrected chi connectivity index (χ4v) is 1.58. The summed E-state index contributed by atoms with van der Waals surface area (Å²) in [5.41, 5.74) is 0.998. The molecule has 4 N–H and O–H groups in total. The molecule has 0 aromatic heterocycles. The molecule has 24 heavy (non-hydrogen) atoms. The van der Waals surface area contributed by atoms with Crippen LogP contribution in [0.25, 0.3) is 6.08 Å². The highest BCUT2D eigenvalue weighted by molar-refractivity contribution is 5.85. The monoisotopic (exact) mass is 332 g/mol. The first-order valence-corrected chi connectivity index (χ1v) is 6.62. The molecular formula is C17H16O7. The van der Waals surface area contributed by atoms with Gasteiger partial charge in [0, 0.05) is 11.6 Å². The zero-order valence-corrected chi connectivity index (χ0v) is 12.7. The number of benzene rings is 2. The van der Waals surface area contributed by atoms with E-state index >= 15 is 0 Å². The van der Waals surface area contributed by atoms with Gasteiger partial charge >= 0.3 is 5.97 Å². The Balaban J connectivity index is 0.000000243. The van der Waals surface area contributed by atoms with Gasteiger partial charge in [-0.05, 0) is 42.0 Å². The second kappa shape index (κ2) is 8.84. The third-order valence-electron chi connectivity index (χ3n) is 2.76. The largest absolute Gasteiger partial charge is 0.504 e. The summed E-state index contributed by atoms with van der Waals surface area (Å²) in [6, 6.07) is 8.47. The molecule has 2 rings (SSSR count). The summed E-state index contributed by atoms with van der Waals surface area (Å²) in [5.74, 6) is -1.21. The number of phenols is 3. The number of carbonyl (C=O) groups is 2. The maximum atomic E-state index is 10.2.